The third-order valence-corrected chi connectivity index (χ3v) is 4.67. The van der Waals surface area contributed by atoms with Crippen molar-refractivity contribution < 1.29 is 9.63 Å². The Kier molecular flexibility index (Phi) is 4.37. The number of carbonyl (C=O) groups is 1. The molecular formula is C19H16ClN5O2. The molecule has 1 aliphatic heterocycles. The summed E-state index contributed by atoms with van der Waals surface area (Å²) in [7, 11) is 0. The number of hydrogen-bond acceptors (Lipinski definition) is 5. The third-order valence-electron chi connectivity index (χ3n) is 4.34. The van der Waals surface area contributed by atoms with E-state index in [1.165, 1.54) is 6.33 Å². The fourth-order valence-electron chi connectivity index (χ4n) is 2.85. The van der Waals surface area contributed by atoms with E-state index in [0.29, 0.717) is 28.7 Å². The highest BCUT2D eigenvalue weighted by Gasteiger charge is 2.42. The van der Waals surface area contributed by atoms with Gasteiger partial charge in [-0.1, -0.05) is 47.1 Å². The molecule has 0 spiro atoms. The number of amides is 1. The number of H-pyrrole nitrogens is 1. The molecule has 0 saturated heterocycles. The standard InChI is InChI=1S/C19H16ClN5O2/c1-19(10-16(25-27-19)14-7-2-3-8-15(14)20)18(26)23-13-6-4-5-12(9-13)17-21-11-22-24-17/h2-9,11H,10H2,1H3,(H,23,26)(H,21,22,24). The minimum absolute atomic E-state index is 0.289. The number of nitrogens with zero attached hydrogens (tertiary/aromatic N) is 3. The largest absolute Gasteiger partial charge is 0.379 e. The number of oxime groups is 1. The first kappa shape index (κ1) is 17.2. The molecule has 0 saturated carbocycles. The summed E-state index contributed by atoms with van der Waals surface area (Å²) in [6.45, 7) is 1.70. The topological polar surface area (TPSA) is 92.3 Å². The van der Waals surface area contributed by atoms with Gasteiger partial charge in [-0.25, -0.2) is 4.98 Å². The molecule has 2 N–H and O–H groups in total. The van der Waals surface area contributed by atoms with Gasteiger partial charge in [0, 0.05) is 28.3 Å². The molecule has 0 fully saturated rings. The Bertz CT molecular complexity index is 1020. The molecule has 3 aromatic rings. The molecule has 2 heterocycles. The minimum Gasteiger partial charge on any atom is -0.379 e. The van der Waals surface area contributed by atoms with E-state index in [0.717, 1.165) is 11.1 Å². The van der Waals surface area contributed by atoms with Crippen LogP contribution in [-0.2, 0) is 9.63 Å². The van der Waals surface area contributed by atoms with Gasteiger partial charge in [0.1, 0.15) is 6.33 Å². The average Bonchev–Trinajstić information content (AvgIpc) is 3.33. The number of hydrogen-bond donors (Lipinski definition) is 2. The lowest BCUT2D eigenvalue weighted by Crippen LogP contribution is -2.40. The summed E-state index contributed by atoms with van der Waals surface area (Å²) < 4.78 is 0. The summed E-state index contributed by atoms with van der Waals surface area (Å²) in [4.78, 5) is 22.4. The second kappa shape index (κ2) is 6.85. The molecule has 0 radical (unpaired) electrons. The zero-order valence-electron chi connectivity index (χ0n) is 14.4. The van der Waals surface area contributed by atoms with Gasteiger partial charge in [-0.05, 0) is 25.1 Å². The van der Waals surface area contributed by atoms with E-state index in [-0.39, 0.29) is 5.91 Å². The summed E-state index contributed by atoms with van der Waals surface area (Å²) in [5.74, 6) is 0.335. The van der Waals surface area contributed by atoms with Crippen LogP contribution in [0, 0.1) is 0 Å². The van der Waals surface area contributed by atoms with E-state index in [4.69, 9.17) is 16.4 Å². The Balaban J connectivity index is 1.49. The van der Waals surface area contributed by atoms with Crippen molar-refractivity contribution >= 4 is 28.9 Å². The van der Waals surface area contributed by atoms with Gasteiger partial charge < -0.3 is 10.2 Å². The van der Waals surface area contributed by atoms with E-state index in [1.54, 1.807) is 19.1 Å². The number of halogens is 1. The molecule has 27 heavy (non-hydrogen) atoms. The van der Waals surface area contributed by atoms with Crippen molar-refractivity contribution in [3.63, 3.8) is 0 Å². The first-order valence-electron chi connectivity index (χ1n) is 8.32. The van der Waals surface area contributed by atoms with Crippen LogP contribution in [0.4, 0.5) is 5.69 Å². The van der Waals surface area contributed by atoms with Crippen LogP contribution in [0.1, 0.15) is 18.9 Å². The fourth-order valence-corrected chi connectivity index (χ4v) is 3.10. The van der Waals surface area contributed by atoms with Crippen LogP contribution in [0.5, 0.6) is 0 Å². The highest BCUT2D eigenvalue weighted by atomic mass is 35.5. The molecule has 0 aliphatic carbocycles. The predicted molar refractivity (Wildman–Crippen MR) is 103 cm³/mol. The van der Waals surface area contributed by atoms with Gasteiger partial charge in [0.2, 0.25) is 5.60 Å². The monoisotopic (exact) mass is 381 g/mol. The van der Waals surface area contributed by atoms with Gasteiger partial charge in [0.15, 0.2) is 5.82 Å². The molecule has 0 bridgehead atoms. The van der Waals surface area contributed by atoms with Crippen LogP contribution in [0.3, 0.4) is 0 Å². The molecule has 1 aliphatic rings. The minimum atomic E-state index is -1.11. The maximum absolute atomic E-state index is 12.8. The van der Waals surface area contributed by atoms with Gasteiger partial charge >= 0.3 is 0 Å². The summed E-state index contributed by atoms with van der Waals surface area (Å²) >= 11 is 6.22. The molecule has 1 amide bonds. The Hall–Kier alpha value is -3.19. The van der Waals surface area contributed by atoms with Crippen molar-refractivity contribution in [1.82, 2.24) is 15.2 Å². The maximum Gasteiger partial charge on any atom is 0.271 e. The molecule has 1 atom stereocenters. The van der Waals surface area contributed by atoms with Crippen molar-refractivity contribution in [2.45, 2.75) is 18.9 Å². The van der Waals surface area contributed by atoms with Gasteiger partial charge in [0.05, 0.1) is 5.71 Å². The van der Waals surface area contributed by atoms with Crippen molar-refractivity contribution in [3.05, 3.63) is 65.4 Å². The Morgan fingerprint density at radius 3 is 2.89 bits per heavy atom. The lowest BCUT2D eigenvalue weighted by Gasteiger charge is -2.20. The smallest absolute Gasteiger partial charge is 0.271 e. The van der Waals surface area contributed by atoms with Crippen molar-refractivity contribution in [1.29, 1.82) is 0 Å². The number of carbonyl (C=O) groups excluding carboxylic acids is 1. The second-order valence-corrected chi connectivity index (χ2v) is 6.79. The highest BCUT2D eigenvalue weighted by Crippen LogP contribution is 2.30. The number of nitrogens with one attached hydrogen (secondary N) is 2. The van der Waals surface area contributed by atoms with Gasteiger partial charge in [-0.2, -0.15) is 5.10 Å². The zero-order valence-corrected chi connectivity index (χ0v) is 15.2. The van der Waals surface area contributed by atoms with E-state index in [1.807, 2.05) is 36.4 Å². The molecule has 4 rings (SSSR count). The molecule has 8 heteroatoms. The first-order valence-corrected chi connectivity index (χ1v) is 8.70. The van der Waals surface area contributed by atoms with E-state index < -0.39 is 5.60 Å². The second-order valence-electron chi connectivity index (χ2n) is 6.39. The molecular weight excluding hydrogens is 366 g/mol. The number of anilines is 1. The third kappa shape index (κ3) is 3.41. The van der Waals surface area contributed by atoms with Crippen molar-refractivity contribution in [3.8, 4) is 11.4 Å². The SMILES string of the molecule is CC1(C(=O)Nc2cccc(-c3ncn[nH]3)c2)CC(c2ccccc2Cl)=NO1. The Labute approximate surface area is 160 Å². The predicted octanol–water partition coefficient (Wildman–Crippen LogP) is 3.65. The fraction of sp³-hybridized carbons (Fsp3) is 0.158. The number of aromatic nitrogens is 3. The van der Waals surface area contributed by atoms with E-state index >= 15 is 0 Å². The highest BCUT2D eigenvalue weighted by molar-refractivity contribution is 6.34. The lowest BCUT2D eigenvalue weighted by molar-refractivity contribution is -0.135. The normalized spacial score (nSPS) is 18.7. The number of aromatic amines is 1. The number of benzene rings is 2. The summed E-state index contributed by atoms with van der Waals surface area (Å²) in [5, 5.41) is 14.2. The van der Waals surface area contributed by atoms with Crippen molar-refractivity contribution in [2.24, 2.45) is 5.16 Å². The molecule has 1 aromatic heterocycles. The Morgan fingerprint density at radius 1 is 1.26 bits per heavy atom. The average molecular weight is 382 g/mol. The van der Waals surface area contributed by atoms with Crippen LogP contribution >= 0.6 is 11.6 Å². The quantitative estimate of drug-likeness (QED) is 0.721. The summed E-state index contributed by atoms with van der Waals surface area (Å²) in [5.41, 5.74) is 1.74. The van der Waals surface area contributed by atoms with Crippen molar-refractivity contribution in [2.75, 3.05) is 5.32 Å². The summed E-state index contributed by atoms with van der Waals surface area (Å²) in [6.07, 6.45) is 1.76. The van der Waals surface area contributed by atoms with Crippen LogP contribution in [0.2, 0.25) is 5.02 Å². The van der Waals surface area contributed by atoms with Gasteiger partial charge in [-0.3, -0.25) is 9.89 Å². The van der Waals surface area contributed by atoms with Crippen LogP contribution in [0.25, 0.3) is 11.4 Å². The first-order chi connectivity index (χ1) is 13.0. The van der Waals surface area contributed by atoms with Crippen LogP contribution in [-0.4, -0.2) is 32.4 Å². The lowest BCUT2D eigenvalue weighted by atomic mass is 9.95. The van der Waals surface area contributed by atoms with Gasteiger partial charge in [-0.15, -0.1) is 0 Å². The van der Waals surface area contributed by atoms with E-state index in [9.17, 15) is 4.79 Å². The Morgan fingerprint density at radius 2 is 2.11 bits per heavy atom. The molecule has 1 unspecified atom stereocenters. The van der Waals surface area contributed by atoms with E-state index in [2.05, 4.69) is 25.7 Å². The maximum atomic E-state index is 12.8. The van der Waals surface area contributed by atoms with Crippen LogP contribution in [0.15, 0.2) is 60.0 Å². The summed E-state index contributed by atoms with van der Waals surface area (Å²) in [6, 6.07) is 14.7. The van der Waals surface area contributed by atoms with Gasteiger partial charge in [0.25, 0.3) is 5.91 Å². The zero-order chi connectivity index (χ0) is 18.9. The number of rotatable bonds is 4. The molecule has 7 nitrogen and oxygen atoms in total. The molecule has 136 valence electrons. The molecule has 2 aromatic carbocycles. The van der Waals surface area contributed by atoms with Crippen LogP contribution < -0.4 is 5.32 Å².